The Kier molecular flexibility index (Phi) is 3.46. The highest BCUT2D eigenvalue weighted by molar-refractivity contribution is 6.06. The van der Waals surface area contributed by atoms with Crippen LogP contribution >= 0.6 is 0 Å². The van der Waals surface area contributed by atoms with Gasteiger partial charge in [0.2, 0.25) is 0 Å². The second-order valence-electron chi connectivity index (χ2n) is 4.05. The molecular weight excluding hydrogens is 252 g/mol. The molecule has 2 aromatic carbocycles. The summed E-state index contributed by atoms with van der Waals surface area (Å²) >= 11 is 0. The maximum atomic E-state index is 13.5. The van der Waals surface area contributed by atoms with Crippen LogP contribution in [0, 0.1) is 18.6 Å². The van der Waals surface area contributed by atoms with Gasteiger partial charge in [-0.15, -0.1) is 0 Å². The van der Waals surface area contributed by atoms with Crippen LogP contribution in [0.3, 0.4) is 0 Å². The Morgan fingerprint density at radius 3 is 2.53 bits per heavy atom. The Balaban J connectivity index is 2.28. The SMILES string of the molecule is Cc1cc(NC(=O)c2c(O)cccc2F)ccc1F. The van der Waals surface area contributed by atoms with Crippen molar-refractivity contribution >= 4 is 11.6 Å². The summed E-state index contributed by atoms with van der Waals surface area (Å²) in [4.78, 5) is 11.8. The minimum atomic E-state index is -0.823. The van der Waals surface area contributed by atoms with Gasteiger partial charge in [0, 0.05) is 5.69 Å². The van der Waals surface area contributed by atoms with E-state index in [9.17, 15) is 18.7 Å². The van der Waals surface area contributed by atoms with E-state index in [2.05, 4.69) is 5.32 Å². The number of rotatable bonds is 2. The van der Waals surface area contributed by atoms with Gasteiger partial charge < -0.3 is 10.4 Å². The minimum Gasteiger partial charge on any atom is -0.507 e. The molecule has 1 amide bonds. The average molecular weight is 263 g/mol. The number of carbonyl (C=O) groups excluding carboxylic acids is 1. The molecule has 5 heteroatoms. The monoisotopic (exact) mass is 263 g/mol. The molecule has 0 radical (unpaired) electrons. The highest BCUT2D eigenvalue weighted by Gasteiger charge is 2.16. The molecule has 0 bridgehead atoms. The summed E-state index contributed by atoms with van der Waals surface area (Å²) in [7, 11) is 0. The third-order valence-electron chi connectivity index (χ3n) is 2.63. The number of nitrogens with one attached hydrogen (secondary N) is 1. The van der Waals surface area contributed by atoms with Crippen LogP contribution in [-0.4, -0.2) is 11.0 Å². The van der Waals surface area contributed by atoms with Gasteiger partial charge in [0.05, 0.1) is 0 Å². The number of aromatic hydroxyl groups is 1. The van der Waals surface area contributed by atoms with Crippen molar-refractivity contribution in [2.45, 2.75) is 6.92 Å². The first kappa shape index (κ1) is 13.0. The fourth-order valence-electron chi connectivity index (χ4n) is 1.65. The summed E-state index contributed by atoms with van der Waals surface area (Å²) in [6.45, 7) is 1.55. The Labute approximate surface area is 108 Å². The van der Waals surface area contributed by atoms with Gasteiger partial charge in [0.1, 0.15) is 22.9 Å². The van der Waals surface area contributed by atoms with Crippen molar-refractivity contribution in [3.05, 3.63) is 59.2 Å². The molecule has 0 aliphatic rings. The number of carbonyl (C=O) groups is 1. The highest BCUT2D eigenvalue weighted by Crippen LogP contribution is 2.22. The smallest absolute Gasteiger partial charge is 0.262 e. The molecule has 3 nitrogen and oxygen atoms in total. The lowest BCUT2D eigenvalue weighted by Crippen LogP contribution is -2.14. The summed E-state index contributed by atoms with van der Waals surface area (Å²) in [6.07, 6.45) is 0. The van der Waals surface area contributed by atoms with Gasteiger partial charge in [0.25, 0.3) is 5.91 Å². The molecule has 0 heterocycles. The van der Waals surface area contributed by atoms with Crippen LogP contribution in [0.1, 0.15) is 15.9 Å². The molecule has 0 aliphatic heterocycles. The van der Waals surface area contributed by atoms with Crippen LogP contribution in [0.15, 0.2) is 36.4 Å². The molecular formula is C14H11F2NO2. The van der Waals surface area contributed by atoms with Gasteiger partial charge in [-0.3, -0.25) is 4.79 Å². The minimum absolute atomic E-state index is 0.326. The van der Waals surface area contributed by atoms with Gasteiger partial charge in [-0.1, -0.05) is 6.07 Å². The number of amides is 1. The molecule has 2 rings (SSSR count). The molecule has 98 valence electrons. The number of halogens is 2. The summed E-state index contributed by atoms with van der Waals surface area (Å²) in [5.74, 6) is -2.46. The molecule has 2 aromatic rings. The maximum absolute atomic E-state index is 13.5. The van der Waals surface area contributed by atoms with Crippen LogP contribution in [-0.2, 0) is 0 Å². The first-order valence-corrected chi connectivity index (χ1v) is 5.54. The molecule has 2 N–H and O–H groups in total. The number of anilines is 1. The summed E-state index contributed by atoms with van der Waals surface area (Å²) in [5.41, 5.74) is 0.242. The first-order chi connectivity index (χ1) is 8.99. The molecule has 0 atom stereocenters. The standard InChI is InChI=1S/C14H11F2NO2/c1-8-7-9(5-6-10(8)15)17-14(19)13-11(16)3-2-4-12(13)18/h2-7,18H,1H3,(H,17,19). The molecule has 0 unspecified atom stereocenters. The number of phenolic OH excluding ortho intramolecular Hbond substituents is 1. The van der Waals surface area contributed by atoms with Gasteiger partial charge in [-0.05, 0) is 42.8 Å². The van der Waals surface area contributed by atoms with E-state index >= 15 is 0 Å². The lowest BCUT2D eigenvalue weighted by molar-refractivity contribution is 0.102. The number of phenols is 1. The van der Waals surface area contributed by atoms with Crippen LogP contribution in [0.4, 0.5) is 14.5 Å². The molecule has 0 saturated carbocycles. The maximum Gasteiger partial charge on any atom is 0.262 e. The molecule has 0 aliphatic carbocycles. The van der Waals surface area contributed by atoms with Crippen LogP contribution in [0.2, 0.25) is 0 Å². The van der Waals surface area contributed by atoms with Crippen molar-refractivity contribution < 1.29 is 18.7 Å². The van der Waals surface area contributed by atoms with Gasteiger partial charge >= 0.3 is 0 Å². The van der Waals surface area contributed by atoms with Gasteiger partial charge in [0.15, 0.2) is 0 Å². The van der Waals surface area contributed by atoms with Crippen molar-refractivity contribution in [3.63, 3.8) is 0 Å². The highest BCUT2D eigenvalue weighted by atomic mass is 19.1. The van der Waals surface area contributed by atoms with Crippen molar-refractivity contribution in [3.8, 4) is 5.75 Å². The molecule has 0 spiro atoms. The Morgan fingerprint density at radius 1 is 1.16 bits per heavy atom. The van der Waals surface area contributed by atoms with Crippen molar-refractivity contribution in [2.75, 3.05) is 5.32 Å². The molecule has 19 heavy (non-hydrogen) atoms. The lowest BCUT2D eigenvalue weighted by atomic mass is 10.1. The van der Waals surface area contributed by atoms with E-state index in [-0.39, 0.29) is 0 Å². The van der Waals surface area contributed by atoms with Crippen LogP contribution < -0.4 is 5.32 Å². The topological polar surface area (TPSA) is 49.3 Å². The fourth-order valence-corrected chi connectivity index (χ4v) is 1.65. The van der Waals surface area contributed by atoms with E-state index in [0.29, 0.717) is 11.3 Å². The van der Waals surface area contributed by atoms with Crippen molar-refractivity contribution in [1.29, 1.82) is 0 Å². The quantitative estimate of drug-likeness (QED) is 0.873. The van der Waals surface area contributed by atoms with E-state index in [4.69, 9.17) is 0 Å². The van der Waals surface area contributed by atoms with E-state index in [1.807, 2.05) is 0 Å². The first-order valence-electron chi connectivity index (χ1n) is 5.54. The predicted octanol–water partition coefficient (Wildman–Crippen LogP) is 3.23. The fraction of sp³-hybridized carbons (Fsp3) is 0.0714. The van der Waals surface area contributed by atoms with Crippen molar-refractivity contribution in [1.82, 2.24) is 0 Å². The molecule has 0 aromatic heterocycles. The lowest BCUT2D eigenvalue weighted by Gasteiger charge is -2.08. The van der Waals surface area contributed by atoms with Gasteiger partial charge in [-0.2, -0.15) is 0 Å². The number of hydrogen-bond donors (Lipinski definition) is 2. The Morgan fingerprint density at radius 2 is 1.89 bits per heavy atom. The molecule has 0 saturated heterocycles. The Bertz CT molecular complexity index is 621. The zero-order valence-corrected chi connectivity index (χ0v) is 10.1. The summed E-state index contributed by atoms with van der Waals surface area (Å²) < 4.78 is 26.5. The third kappa shape index (κ3) is 2.70. The zero-order chi connectivity index (χ0) is 14.0. The Hall–Kier alpha value is -2.43. The summed E-state index contributed by atoms with van der Waals surface area (Å²) in [6, 6.07) is 7.57. The van der Waals surface area contributed by atoms with Gasteiger partial charge in [-0.25, -0.2) is 8.78 Å². The largest absolute Gasteiger partial charge is 0.507 e. The van der Waals surface area contributed by atoms with E-state index < -0.39 is 28.9 Å². The van der Waals surface area contributed by atoms with E-state index in [1.165, 1.54) is 30.3 Å². The predicted molar refractivity (Wildman–Crippen MR) is 67.2 cm³/mol. The number of hydrogen-bond acceptors (Lipinski definition) is 2. The normalized spacial score (nSPS) is 10.3. The second kappa shape index (κ2) is 5.06. The van der Waals surface area contributed by atoms with Crippen molar-refractivity contribution in [2.24, 2.45) is 0 Å². The zero-order valence-electron chi connectivity index (χ0n) is 10.1. The third-order valence-corrected chi connectivity index (χ3v) is 2.63. The average Bonchev–Trinajstić information content (AvgIpc) is 2.33. The van der Waals surface area contributed by atoms with E-state index in [0.717, 1.165) is 6.07 Å². The number of benzene rings is 2. The van der Waals surface area contributed by atoms with Crippen LogP contribution in [0.25, 0.3) is 0 Å². The second-order valence-corrected chi connectivity index (χ2v) is 4.05. The van der Waals surface area contributed by atoms with Crippen LogP contribution in [0.5, 0.6) is 5.75 Å². The number of aryl methyl sites for hydroxylation is 1. The van der Waals surface area contributed by atoms with E-state index in [1.54, 1.807) is 6.92 Å². The molecule has 0 fully saturated rings. The summed E-state index contributed by atoms with van der Waals surface area (Å²) in [5, 5.41) is 11.9.